The minimum absolute atomic E-state index is 0.0330. The third-order valence-corrected chi connectivity index (χ3v) is 5.01. The fourth-order valence-electron chi connectivity index (χ4n) is 3.52. The number of allylic oxidation sites excluding steroid dienone is 1. The summed E-state index contributed by atoms with van der Waals surface area (Å²) in [4.78, 5) is 16.2. The molecule has 1 aliphatic rings. The van der Waals surface area contributed by atoms with Crippen LogP contribution in [0, 0.1) is 5.82 Å². The van der Waals surface area contributed by atoms with Crippen molar-refractivity contribution in [3.8, 4) is 5.75 Å². The third kappa shape index (κ3) is 6.72. The molecule has 172 valence electrons. The summed E-state index contributed by atoms with van der Waals surface area (Å²) in [6.45, 7) is 1.36. The van der Waals surface area contributed by atoms with Crippen molar-refractivity contribution in [3.05, 3.63) is 70.5 Å². The number of ether oxygens (including phenoxy) is 1. The van der Waals surface area contributed by atoms with E-state index in [-0.39, 0.29) is 43.3 Å². The van der Waals surface area contributed by atoms with Crippen LogP contribution in [0.15, 0.2) is 48.0 Å². The SMILES string of the molecule is CCc1ccc(OCC2=C(c3ccc(F)cc3)CCC(F)(F)C2)cc1C(F)(F)F.O=C=O. The zero-order valence-corrected chi connectivity index (χ0v) is 17.1. The van der Waals surface area contributed by atoms with Gasteiger partial charge in [-0.3, -0.25) is 0 Å². The molecule has 9 heteroatoms. The van der Waals surface area contributed by atoms with Crippen molar-refractivity contribution >= 4 is 11.7 Å². The number of rotatable bonds is 5. The molecular weight excluding hydrogens is 438 g/mol. The Balaban J connectivity index is 0.00000114. The van der Waals surface area contributed by atoms with Crippen LogP contribution >= 0.6 is 0 Å². The highest BCUT2D eigenvalue weighted by molar-refractivity contribution is 5.70. The van der Waals surface area contributed by atoms with Crippen LogP contribution in [0.5, 0.6) is 5.75 Å². The Morgan fingerprint density at radius 3 is 2.25 bits per heavy atom. The second-order valence-electron chi connectivity index (χ2n) is 7.16. The Morgan fingerprint density at radius 2 is 1.69 bits per heavy atom. The number of hydrogen-bond donors (Lipinski definition) is 0. The topological polar surface area (TPSA) is 43.4 Å². The van der Waals surface area contributed by atoms with Crippen LogP contribution in [0.4, 0.5) is 26.3 Å². The lowest BCUT2D eigenvalue weighted by Gasteiger charge is -2.27. The standard InChI is InChI=1S/C22H20F6O.CO2/c1-2-14-5-8-18(11-20(14)22(26,27)28)29-13-16-12-21(24,25)10-9-19(16)15-3-6-17(23)7-4-15;2-1-3/h3-8,11H,2,9-10,12-13H2,1H3;. The molecule has 0 saturated carbocycles. The van der Waals surface area contributed by atoms with Gasteiger partial charge in [-0.2, -0.15) is 22.8 Å². The summed E-state index contributed by atoms with van der Waals surface area (Å²) >= 11 is 0. The van der Waals surface area contributed by atoms with E-state index >= 15 is 0 Å². The van der Waals surface area contributed by atoms with Gasteiger partial charge in [-0.1, -0.05) is 25.1 Å². The van der Waals surface area contributed by atoms with Gasteiger partial charge in [0.25, 0.3) is 5.92 Å². The van der Waals surface area contributed by atoms with Crippen molar-refractivity contribution in [1.29, 1.82) is 0 Å². The van der Waals surface area contributed by atoms with Crippen molar-refractivity contribution < 1.29 is 40.7 Å². The molecule has 0 N–H and O–H groups in total. The lowest BCUT2D eigenvalue weighted by Crippen LogP contribution is -2.24. The van der Waals surface area contributed by atoms with Crippen LogP contribution < -0.4 is 4.74 Å². The molecule has 0 atom stereocenters. The molecular formula is C23H20F6O3. The maximum Gasteiger partial charge on any atom is 0.416 e. The summed E-state index contributed by atoms with van der Waals surface area (Å²) in [6, 6.07) is 9.14. The first-order valence-corrected chi connectivity index (χ1v) is 9.67. The first-order valence-electron chi connectivity index (χ1n) is 9.67. The van der Waals surface area contributed by atoms with E-state index in [2.05, 4.69) is 0 Å². The first kappa shape index (κ1) is 25.2. The molecule has 0 spiro atoms. The molecule has 2 aromatic carbocycles. The molecule has 0 fully saturated rings. The van der Waals surface area contributed by atoms with Gasteiger partial charge in [0.2, 0.25) is 0 Å². The van der Waals surface area contributed by atoms with Gasteiger partial charge in [0, 0.05) is 12.8 Å². The summed E-state index contributed by atoms with van der Waals surface area (Å²) in [5.41, 5.74) is 0.885. The highest BCUT2D eigenvalue weighted by Crippen LogP contribution is 2.41. The number of hydrogen-bond acceptors (Lipinski definition) is 3. The Bertz CT molecular complexity index is 988. The summed E-state index contributed by atoms with van der Waals surface area (Å²) in [5.74, 6) is -3.39. The molecule has 3 rings (SSSR count). The van der Waals surface area contributed by atoms with Crippen LogP contribution in [-0.4, -0.2) is 18.7 Å². The van der Waals surface area contributed by atoms with Crippen molar-refractivity contribution in [1.82, 2.24) is 0 Å². The van der Waals surface area contributed by atoms with Gasteiger partial charge in [-0.15, -0.1) is 0 Å². The Morgan fingerprint density at radius 1 is 1.06 bits per heavy atom. The van der Waals surface area contributed by atoms with Gasteiger partial charge in [0.1, 0.15) is 18.2 Å². The summed E-state index contributed by atoms with van der Waals surface area (Å²) in [7, 11) is 0. The maximum absolute atomic E-state index is 14.0. The van der Waals surface area contributed by atoms with Crippen molar-refractivity contribution in [3.63, 3.8) is 0 Å². The van der Waals surface area contributed by atoms with Gasteiger partial charge < -0.3 is 4.74 Å². The second kappa shape index (κ2) is 10.5. The molecule has 0 radical (unpaired) electrons. The van der Waals surface area contributed by atoms with Crippen molar-refractivity contribution in [2.75, 3.05) is 6.61 Å². The molecule has 0 aliphatic heterocycles. The summed E-state index contributed by atoms with van der Waals surface area (Å²) in [6.07, 6.45) is -4.87. The largest absolute Gasteiger partial charge is 0.489 e. The smallest absolute Gasteiger partial charge is 0.416 e. The normalized spacial score (nSPS) is 15.5. The van der Waals surface area contributed by atoms with Crippen LogP contribution in [0.25, 0.3) is 5.57 Å². The first-order chi connectivity index (χ1) is 15.0. The van der Waals surface area contributed by atoms with Gasteiger partial charge >= 0.3 is 12.3 Å². The lowest BCUT2D eigenvalue weighted by atomic mass is 9.85. The Kier molecular flexibility index (Phi) is 8.27. The van der Waals surface area contributed by atoms with Gasteiger partial charge in [-0.25, -0.2) is 13.2 Å². The molecule has 1 aliphatic carbocycles. The maximum atomic E-state index is 14.0. The average molecular weight is 458 g/mol. The Labute approximate surface area is 180 Å². The van der Waals surface area contributed by atoms with Crippen LogP contribution in [-0.2, 0) is 22.2 Å². The minimum atomic E-state index is -4.53. The van der Waals surface area contributed by atoms with E-state index < -0.39 is 29.9 Å². The highest BCUT2D eigenvalue weighted by atomic mass is 19.4. The lowest BCUT2D eigenvalue weighted by molar-refractivity contribution is -0.191. The number of halogens is 6. The van der Waals surface area contributed by atoms with Gasteiger partial charge in [0.15, 0.2) is 0 Å². The van der Waals surface area contributed by atoms with Crippen LogP contribution in [0.2, 0.25) is 0 Å². The summed E-state index contributed by atoms with van der Waals surface area (Å²) < 4.78 is 86.3. The van der Waals surface area contributed by atoms with Crippen LogP contribution in [0.3, 0.4) is 0 Å². The predicted octanol–water partition coefficient (Wildman–Crippen LogP) is 6.48. The molecule has 32 heavy (non-hydrogen) atoms. The fraction of sp³-hybridized carbons (Fsp3) is 0.348. The number of aryl methyl sites for hydroxylation is 1. The number of benzene rings is 2. The predicted molar refractivity (Wildman–Crippen MR) is 103 cm³/mol. The minimum Gasteiger partial charge on any atom is -0.489 e. The molecule has 0 amide bonds. The van der Waals surface area contributed by atoms with Gasteiger partial charge in [-0.05, 0) is 59.4 Å². The molecule has 0 unspecified atom stereocenters. The van der Waals surface area contributed by atoms with E-state index in [0.29, 0.717) is 16.7 Å². The average Bonchev–Trinajstić information content (AvgIpc) is 2.72. The van der Waals surface area contributed by atoms with E-state index in [1.807, 2.05) is 0 Å². The number of carbonyl (C=O) groups excluding carboxylic acids is 2. The van der Waals surface area contributed by atoms with Crippen LogP contribution in [0.1, 0.15) is 42.9 Å². The highest BCUT2D eigenvalue weighted by Gasteiger charge is 2.36. The van der Waals surface area contributed by atoms with E-state index in [1.54, 1.807) is 6.92 Å². The zero-order valence-electron chi connectivity index (χ0n) is 17.1. The number of alkyl halides is 5. The quantitative estimate of drug-likeness (QED) is 0.482. The van der Waals surface area contributed by atoms with E-state index in [1.165, 1.54) is 36.4 Å². The summed E-state index contributed by atoms with van der Waals surface area (Å²) in [5, 5.41) is 0. The molecule has 0 heterocycles. The molecule has 0 saturated heterocycles. The zero-order chi connectivity index (χ0) is 23.9. The molecule has 0 bridgehead atoms. The van der Waals surface area contributed by atoms with Crippen molar-refractivity contribution in [2.45, 2.75) is 44.7 Å². The van der Waals surface area contributed by atoms with E-state index in [9.17, 15) is 26.3 Å². The van der Waals surface area contributed by atoms with E-state index in [0.717, 1.165) is 6.07 Å². The fourth-order valence-corrected chi connectivity index (χ4v) is 3.52. The third-order valence-electron chi connectivity index (χ3n) is 5.01. The molecule has 2 aromatic rings. The molecule has 3 nitrogen and oxygen atoms in total. The van der Waals surface area contributed by atoms with Gasteiger partial charge in [0.05, 0.1) is 5.56 Å². The van der Waals surface area contributed by atoms with E-state index in [4.69, 9.17) is 14.3 Å². The Hall–Kier alpha value is -3.06. The monoisotopic (exact) mass is 458 g/mol. The van der Waals surface area contributed by atoms with Crippen molar-refractivity contribution in [2.24, 2.45) is 0 Å². The second-order valence-corrected chi connectivity index (χ2v) is 7.16. The molecule has 0 aromatic heterocycles.